The standard InChI is InChI=1S/C29H28N4O3/c1-32-14-16-33(17-15-32)19-20-6-8-21(9-7-20)29(36)31-23-12-10-22(11-13-23)30-26-18-27(34)24-4-2-3-5-25(24)28(26)35/h2-13,18,30H,14-17,19H2,1H3,(H,31,36). The molecule has 182 valence electrons. The van der Waals surface area contributed by atoms with E-state index in [2.05, 4.69) is 27.5 Å². The van der Waals surface area contributed by atoms with Crippen LogP contribution in [-0.2, 0) is 6.54 Å². The summed E-state index contributed by atoms with van der Waals surface area (Å²) in [5.74, 6) is -0.612. The molecule has 1 amide bonds. The Hall–Kier alpha value is -4.07. The first-order valence-electron chi connectivity index (χ1n) is 12.0. The van der Waals surface area contributed by atoms with Gasteiger partial charge in [-0.1, -0.05) is 36.4 Å². The smallest absolute Gasteiger partial charge is 0.255 e. The predicted molar refractivity (Wildman–Crippen MR) is 140 cm³/mol. The van der Waals surface area contributed by atoms with Crippen molar-refractivity contribution in [1.82, 2.24) is 9.80 Å². The van der Waals surface area contributed by atoms with Gasteiger partial charge in [0, 0.05) is 66.9 Å². The minimum atomic E-state index is -0.223. The number of hydrogen-bond acceptors (Lipinski definition) is 6. The number of carbonyl (C=O) groups excluding carboxylic acids is 3. The summed E-state index contributed by atoms with van der Waals surface area (Å²) < 4.78 is 0. The second-order valence-corrected chi connectivity index (χ2v) is 9.23. The summed E-state index contributed by atoms with van der Waals surface area (Å²) in [7, 11) is 2.14. The van der Waals surface area contributed by atoms with Gasteiger partial charge in [0.1, 0.15) is 0 Å². The summed E-state index contributed by atoms with van der Waals surface area (Å²) in [6, 6.07) is 21.5. The van der Waals surface area contributed by atoms with Crippen molar-refractivity contribution in [3.8, 4) is 0 Å². The number of Topliss-reactive ketones (excluding diaryl/α,β-unsaturated/α-hetero) is 1. The number of anilines is 2. The number of benzene rings is 3. The predicted octanol–water partition coefficient (Wildman–Crippen LogP) is 4.06. The molecule has 5 rings (SSSR count). The lowest BCUT2D eigenvalue weighted by atomic mass is 9.92. The third kappa shape index (κ3) is 5.27. The second kappa shape index (κ2) is 10.3. The van der Waals surface area contributed by atoms with E-state index in [9.17, 15) is 14.4 Å². The van der Waals surface area contributed by atoms with Crippen molar-refractivity contribution in [2.75, 3.05) is 43.9 Å². The lowest BCUT2D eigenvalue weighted by Crippen LogP contribution is -2.43. The van der Waals surface area contributed by atoms with Gasteiger partial charge in [-0.2, -0.15) is 0 Å². The molecule has 3 aromatic rings. The number of rotatable bonds is 6. The Morgan fingerprint density at radius 2 is 1.44 bits per heavy atom. The van der Waals surface area contributed by atoms with Gasteiger partial charge in [0.15, 0.2) is 5.78 Å². The molecule has 0 bridgehead atoms. The van der Waals surface area contributed by atoms with Crippen LogP contribution in [0.25, 0.3) is 0 Å². The Bertz CT molecular complexity index is 1320. The largest absolute Gasteiger partial charge is 0.352 e. The topological polar surface area (TPSA) is 81.8 Å². The van der Waals surface area contributed by atoms with Gasteiger partial charge in [-0.25, -0.2) is 0 Å². The quantitative estimate of drug-likeness (QED) is 0.554. The Balaban J connectivity index is 1.18. The van der Waals surface area contributed by atoms with Crippen molar-refractivity contribution >= 4 is 28.8 Å². The minimum Gasteiger partial charge on any atom is -0.352 e. The zero-order valence-electron chi connectivity index (χ0n) is 20.2. The molecule has 0 unspecified atom stereocenters. The van der Waals surface area contributed by atoms with Gasteiger partial charge in [-0.3, -0.25) is 19.3 Å². The van der Waals surface area contributed by atoms with Crippen LogP contribution in [-0.4, -0.2) is 60.5 Å². The fraction of sp³-hybridized carbons (Fsp3) is 0.207. The van der Waals surface area contributed by atoms with E-state index in [4.69, 9.17) is 0 Å². The molecule has 0 saturated carbocycles. The number of hydrogen-bond donors (Lipinski definition) is 2. The van der Waals surface area contributed by atoms with Crippen molar-refractivity contribution in [2.45, 2.75) is 6.54 Å². The highest BCUT2D eigenvalue weighted by Gasteiger charge is 2.25. The van der Waals surface area contributed by atoms with E-state index in [1.54, 1.807) is 48.5 Å². The number of allylic oxidation sites excluding steroid dienone is 2. The van der Waals surface area contributed by atoms with Crippen molar-refractivity contribution in [2.24, 2.45) is 0 Å². The molecule has 2 aliphatic rings. The van der Waals surface area contributed by atoms with E-state index in [1.165, 1.54) is 11.6 Å². The van der Waals surface area contributed by atoms with Gasteiger partial charge >= 0.3 is 0 Å². The highest BCUT2D eigenvalue weighted by Crippen LogP contribution is 2.23. The highest BCUT2D eigenvalue weighted by atomic mass is 16.2. The number of amides is 1. The van der Waals surface area contributed by atoms with E-state index >= 15 is 0 Å². The zero-order chi connectivity index (χ0) is 25.1. The summed E-state index contributed by atoms with van der Waals surface area (Å²) >= 11 is 0. The summed E-state index contributed by atoms with van der Waals surface area (Å²) in [6.45, 7) is 5.15. The molecule has 1 fully saturated rings. The maximum atomic E-state index is 12.7. The molecule has 1 aliphatic heterocycles. The molecule has 1 aliphatic carbocycles. The average molecular weight is 481 g/mol. The third-order valence-electron chi connectivity index (χ3n) is 6.60. The van der Waals surface area contributed by atoms with Crippen LogP contribution in [0.2, 0.25) is 0 Å². The van der Waals surface area contributed by atoms with E-state index in [1.807, 2.05) is 24.3 Å². The van der Waals surface area contributed by atoms with Gasteiger partial charge in [-0.15, -0.1) is 0 Å². The molecule has 7 nitrogen and oxygen atoms in total. The first kappa shape index (κ1) is 23.7. The molecule has 3 aromatic carbocycles. The summed E-state index contributed by atoms with van der Waals surface area (Å²) in [6.07, 6.45) is 1.33. The third-order valence-corrected chi connectivity index (χ3v) is 6.60. The lowest BCUT2D eigenvalue weighted by Gasteiger charge is -2.32. The monoisotopic (exact) mass is 480 g/mol. The van der Waals surface area contributed by atoms with Crippen molar-refractivity contribution in [3.05, 3.63) is 107 Å². The van der Waals surface area contributed by atoms with Gasteiger partial charge in [-0.05, 0) is 49.0 Å². The normalized spacial score (nSPS) is 16.3. The SMILES string of the molecule is CN1CCN(Cc2ccc(C(=O)Nc3ccc(NC4=CC(=O)c5ccccc5C4=O)cc3)cc2)CC1. The van der Waals surface area contributed by atoms with Crippen molar-refractivity contribution in [3.63, 3.8) is 0 Å². The molecular formula is C29H28N4O3. The number of fused-ring (bicyclic) bond motifs is 1. The van der Waals surface area contributed by atoms with Crippen LogP contribution < -0.4 is 10.6 Å². The van der Waals surface area contributed by atoms with Crippen LogP contribution in [0.5, 0.6) is 0 Å². The number of carbonyl (C=O) groups is 3. The van der Waals surface area contributed by atoms with Crippen LogP contribution in [0.15, 0.2) is 84.6 Å². The maximum Gasteiger partial charge on any atom is 0.255 e. The van der Waals surface area contributed by atoms with Crippen LogP contribution >= 0.6 is 0 Å². The highest BCUT2D eigenvalue weighted by molar-refractivity contribution is 6.25. The Labute approximate surface area is 210 Å². The van der Waals surface area contributed by atoms with Crippen LogP contribution in [0.3, 0.4) is 0 Å². The van der Waals surface area contributed by atoms with E-state index in [0.29, 0.717) is 28.1 Å². The number of nitrogens with zero attached hydrogens (tertiary/aromatic N) is 2. The van der Waals surface area contributed by atoms with Crippen molar-refractivity contribution < 1.29 is 14.4 Å². The lowest BCUT2D eigenvalue weighted by molar-refractivity contribution is 0.0985. The molecule has 0 spiro atoms. The molecule has 0 radical (unpaired) electrons. The molecule has 0 atom stereocenters. The molecule has 7 heteroatoms. The number of likely N-dealkylation sites (N-methyl/N-ethyl adjacent to an activating group) is 1. The average Bonchev–Trinajstić information content (AvgIpc) is 2.90. The van der Waals surface area contributed by atoms with Gasteiger partial charge in [0.05, 0.1) is 5.70 Å². The second-order valence-electron chi connectivity index (χ2n) is 9.23. The summed E-state index contributed by atoms with van der Waals surface area (Å²) in [5.41, 5.74) is 4.11. The number of ketones is 2. The number of nitrogens with one attached hydrogen (secondary N) is 2. The first-order valence-corrected chi connectivity index (χ1v) is 12.0. The molecule has 2 N–H and O–H groups in total. The minimum absolute atomic E-state index is 0.186. The summed E-state index contributed by atoms with van der Waals surface area (Å²) in [4.78, 5) is 42.6. The van der Waals surface area contributed by atoms with Crippen LogP contribution in [0, 0.1) is 0 Å². The van der Waals surface area contributed by atoms with Crippen LogP contribution in [0.4, 0.5) is 11.4 Å². The van der Waals surface area contributed by atoms with E-state index < -0.39 is 0 Å². The molecule has 1 heterocycles. The fourth-order valence-corrected chi connectivity index (χ4v) is 4.43. The molecule has 36 heavy (non-hydrogen) atoms. The Morgan fingerprint density at radius 3 is 2.14 bits per heavy atom. The fourth-order valence-electron chi connectivity index (χ4n) is 4.43. The maximum absolute atomic E-state index is 12.7. The van der Waals surface area contributed by atoms with Gasteiger partial charge in [0.2, 0.25) is 5.78 Å². The Morgan fingerprint density at radius 1 is 0.806 bits per heavy atom. The number of piperazine rings is 1. The van der Waals surface area contributed by atoms with E-state index in [-0.39, 0.29) is 23.2 Å². The molecular weight excluding hydrogens is 452 g/mol. The molecule has 1 saturated heterocycles. The Kier molecular flexibility index (Phi) is 6.75. The first-order chi connectivity index (χ1) is 17.5. The van der Waals surface area contributed by atoms with Gasteiger partial charge in [0.25, 0.3) is 5.91 Å². The van der Waals surface area contributed by atoms with Gasteiger partial charge < -0.3 is 15.5 Å². The van der Waals surface area contributed by atoms with Crippen LogP contribution in [0.1, 0.15) is 36.6 Å². The zero-order valence-corrected chi connectivity index (χ0v) is 20.2. The van der Waals surface area contributed by atoms with Crippen molar-refractivity contribution in [1.29, 1.82) is 0 Å². The van der Waals surface area contributed by atoms with E-state index in [0.717, 1.165) is 32.7 Å². The molecule has 0 aromatic heterocycles. The summed E-state index contributed by atoms with van der Waals surface area (Å²) in [5, 5.41) is 5.93.